The SMILES string of the molecule is C=C(COC(=O)c1ccc(N(c2ccc(C(=O)OCC(=C)C(=O)OCC)cc2)c2ccc(-c3ccc(N(c4ccc(C(=O)OCC(=C)C(=O)OCC)cc4)c4ccc(C(=O)OCC(=C)C(=O)OCC)cc4)c(OC)c3)cc2C)cc1)C(=O)OCC. The zero-order chi connectivity index (χ0) is 61.7. The van der Waals surface area contributed by atoms with Crippen LogP contribution in [0.25, 0.3) is 11.1 Å². The van der Waals surface area contributed by atoms with Crippen molar-refractivity contribution in [2.24, 2.45) is 0 Å². The van der Waals surface area contributed by atoms with E-state index in [0.717, 1.165) is 16.7 Å². The molecular weight excluding hydrogens is 1090 g/mol. The number of anilines is 6. The van der Waals surface area contributed by atoms with Crippen molar-refractivity contribution in [2.45, 2.75) is 34.6 Å². The lowest BCUT2D eigenvalue weighted by molar-refractivity contribution is -0.139. The molecule has 19 nitrogen and oxygen atoms in total. The highest BCUT2D eigenvalue weighted by molar-refractivity contribution is 5.96. The van der Waals surface area contributed by atoms with Crippen LogP contribution in [0.4, 0.5) is 34.1 Å². The fourth-order valence-corrected chi connectivity index (χ4v) is 8.08. The van der Waals surface area contributed by atoms with E-state index in [-0.39, 0.29) is 97.4 Å². The Labute approximate surface area is 492 Å². The van der Waals surface area contributed by atoms with E-state index in [4.69, 9.17) is 42.6 Å². The summed E-state index contributed by atoms with van der Waals surface area (Å²) in [5.41, 5.74) is 6.67. The summed E-state index contributed by atoms with van der Waals surface area (Å²) < 4.78 is 47.3. The molecule has 440 valence electrons. The molecule has 0 aliphatic carbocycles. The minimum atomic E-state index is -0.705. The number of esters is 8. The van der Waals surface area contributed by atoms with Gasteiger partial charge in [-0.15, -0.1) is 0 Å². The van der Waals surface area contributed by atoms with Crippen LogP contribution in [0.15, 0.2) is 182 Å². The molecule has 0 amide bonds. The Bertz CT molecular complexity index is 3310. The summed E-state index contributed by atoms with van der Waals surface area (Å²) in [4.78, 5) is 105. The molecule has 0 heterocycles. The van der Waals surface area contributed by atoms with Crippen molar-refractivity contribution in [1.29, 1.82) is 0 Å². The molecule has 0 spiro atoms. The number of ether oxygens (including phenoxy) is 9. The van der Waals surface area contributed by atoms with Gasteiger partial charge in [0, 0.05) is 28.4 Å². The van der Waals surface area contributed by atoms with Crippen LogP contribution in [0.3, 0.4) is 0 Å². The fourth-order valence-electron chi connectivity index (χ4n) is 8.08. The first kappa shape index (κ1) is 63.6. The number of carbonyl (C=O) groups excluding carboxylic acids is 8. The first-order chi connectivity index (χ1) is 40.8. The van der Waals surface area contributed by atoms with Gasteiger partial charge in [-0.25, -0.2) is 38.4 Å². The third kappa shape index (κ3) is 16.8. The van der Waals surface area contributed by atoms with E-state index in [1.165, 1.54) is 7.11 Å². The average molecular weight is 1160 g/mol. The normalized spacial score (nSPS) is 10.5. The van der Waals surface area contributed by atoms with Crippen molar-refractivity contribution in [3.05, 3.63) is 210 Å². The maximum Gasteiger partial charge on any atom is 0.338 e. The Kier molecular flexibility index (Phi) is 22.8. The second kappa shape index (κ2) is 30.5. The van der Waals surface area contributed by atoms with Crippen LogP contribution in [-0.4, -0.2) is 108 Å². The molecule has 19 heteroatoms. The number of nitrogens with zero attached hydrogens (tertiary/aromatic N) is 2. The van der Waals surface area contributed by atoms with Gasteiger partial charge in [-0.1, -0.05) is 38.4 Å². The van der Waals surface area contributed by atoms with Gasteiger partial charge < -0.3 is 52.4 Å². The summed E-state index contributed by atoms with van der Waals surface area (Å²) in [5.74, 6) is -5.07. The molecule has 0 saturated heterocycles. The second-order valence-corrected chi connectivity index (χ2v) is 18.3. The van der Waals surface area contributed by atoms with Gasteiger partial charge in [0.1, 0.15) is 32.2 Å². The molecule has 0 unspecified atom stereocenters. The van der Waals surface area contributed by atoms with Crippen molar-refractivity contribution in [3.8, 4) is 16.9 Å². The van der Waals surface area contributed by atoms with Gasteiger partial charge in [0.2, 0.25) is 0 Å². The Balaban J connectivity index is 1.34. The highest BCUT2D eigenvalue weighted by atomic mass is 16.6. The van der Waals surface area contributed by atoms with Gasteiger partial charge in [0.05, 0.1) is 83.8 Å². The number of benzene rings is 6. The van der Waals surface area contributed by atoms with E-state index < -0.39 is 47.8 Å². The molecule has 0 fully saturated rings. The van der Waals surface area contributed by atoms with Crippen molar-refractivity contribution >= 4 is 81.9 Å². The van der Waals surface area contributed by atoms with E-state index in [1.807, 2.05) is 53.1 Å². The smallest absolute Gasteiger partial charge is 0.338 e. The van der Waals surface area contributed by atoms with E-state index in [2.05, 4.69) is 26.3 Å². The number of aryl methyl sites for hydroxylation is 1. The highest BCUT2D eigenvalue weighted by Crippen LogP contribution is 2.44. The quantitative estimate of drug-likeness (QED) is 0.0253. The summed E-state index contributed by atoms with van der Waals surface area (Å²) in [6, 6.07) is 37.6. The molecule has 6 rings (SSSR count). The minimum Gasteiger partial charge on any atom is -0.495 e. The first-order valence-corrected chi connectivity index (χ1v) is 26.7. The largest absolute Gasteiger partial charge is 0.495 e. The zero-order valence-corrected chi connectivity index (χ0v) is 48.0. The summed E-state index contributed by atoms with van der Waals surface area (Å²) in [7, 11) is 1.52. The van der Waals surface area contributed by atoms with Crippen LogP contribution in [0, 0.1) is 6.92 Å². The Morgan fingerprint density at radius 2 is 0.612 bits per heavy atom. The lowest BCUT2D eigenvalue weighted by Gasteiger charge is -2.28. The summed E-state index contributed by atoms with van der Waals surface area (Å²) in [5, 5.41) is 0. The predicted octanol–water partition coefficient (Wildman–Crippen LogP) is 11.7. The highest BCUT2D eigenvalue weighted by Gasteiger charge is 2.24. The lowest BCUT2D eigenvalue weighted by Crippen LogP contribution is -2.16. The van der Waals surface area contributed by atoms with Gasteiger partial charge >= 0.3 is 47.8 Å². The molecule has 6 aromatic rings. The molecular formula is C66H64N2O17. The Morgan fingerprint density at radius 3 is 0.871 bits per heavy atom. The average Bonchev–Trinajstić information content (AvgIpc) is 3.60. The van der Waals surface area contributed by atoms with Gasteiger partial charge in [-0.2, -0.15) is 0 Å². The number of hydrogen-bond donors (Lipinski definition) is 0. The second-order valence-electron chi connectivity index (χ2n) is 18.3. The summed E-state index contributed by atoms with van der Waals surface area (Å²) in [6.45, 7) is 22.2. The molecule has 85 heavy (non-hydrogen) atoms. The van der Waals surface area contributed by atoms with Crippen molar-refractivity contribution < 1.29 is 81.0 Å². The van der Waals surface area contributed by atoms with Crippen LogP contribution in [0.5, 0.6) is 5.75 Å². The fraction of sp³-hybridized carbons (Fsp3) is 0.212. The van der Waals surface area contributed by atoms with Crippen LogP contribution >= 0.6 is 0 Å². The Morgan fingerprint density at radius 1 is 0.353 bits per heavy atom. The first-order valence-electron chi connectivity index (χ1n) is 26.7. The topological polar surface area (TPSA) is 226 Å². The van der Waals surface area contributed by atoms with Crippen LogP contribution in [0.2, 0.25) is 0 Å². The summed E-state index contributed by atoms with van der Waals surface area (Å²) in [6.07, 6.45) is 0. The van der Waals surface area contributed by atoms with Crippen LogP contribution < -0.4 is 14.5 Å². The third-order valence-electron chi connectivity index (χ3n) is 12.4. The summed E-state index contributed by atoms with van der Waals surface area (Å²) >= 11 is 0. The maximum absolute atomic E-state index is 13.1. The number of rotatable bonds is 28. The van der Waals surface area contributed by atoms with E-state index in [1.54, 1.807) is 125 Å². The van der Waals surface area contributed by atoms with Gasteiger partial charge in [-0.3, -0.25) is 0 Å². The standard InChI is InChI=1S/C66H64N2O17/c1-11-78-59(69)42(6)37-82-63(73)46-15-25-52(26-16-46)67(53-27-17-47(18-28-53)64(74)83-38-43(7)60(70)79-12-2)56-33-23-50(35-41(56)5)51-24-34-57(58(36-51)77-10)68(54-29-19-48(20-30-54)65(75)84-39-44(8)61(71)80-13-3)55-31-21-49(22-32-55)66(76)85-40-45(9)62(72)81-14-4/h15-36H,6-9,11-14,37-40H2,1-5,10H3. The molecule has 6 aromatic carbocycles. The van der Waals surface area contributed by atoms with E-state index >= 15 is 0 Å². The zero-order valence-electron chi connectivity index (χ0n) is 48.0. The molecule has 0 radical (unpaired) electrons. The van der Waals surface area contributed by atoms with Crippen LogP contribution in [-0.2, 0) is 57.1 Å². The molecule has 0 aliphatic rings. The van der Waals surface area contributed by atoms with Crippen molar-refractivity contribution in [1.82, 2.24) is 0 Å². The molecule has 0 atom stereocenters. The third-order valence-corrected chi connectivity index (χ3v) is 12.4. The Hall–Kier alpha value is -10.6. The van der Waals surface area contributed by atoms with Gasteiger partial charge in [-0.05, 0) is 173 Å². The van der Waals surface area contributed by atoms with E-state index in [0.29, 0.717) is 39.9 Å². The lowest BCUT2D eigenvalue weighted by atomic mass is 10.00. The number of carbonyl (C=O) groups is 8. The molecule has 0 aliphatic heterocycles. The van der Waals surface area contributed by atoms with Gasteiger partial charge in [0.25, 0.3) is 0 Å². The van der Waals surface area contributed by atoms with Crippen molar-refractivity contribution in [3.63, 3.8) is 0 Å². The minimum absolute atomic E-state index is 0.0185. The van der Waals surface area contributed by atoms with E-state index in [9.17, 15) is 38.4 Å². The number of hydrogen-bond acceptors (Lipinski definition) is 19. The monoisotopic (exact) mass is 1160 g/mol. The number of methoxy groups -OCH3 is 1. The molecule has 0 aromatic heterocycles. The maximum atomic E-state index is 13.1. The van der Waals surface area contributed by atoms with Crippen molar-refractivity contribution in [2.75, 3.05) is 69.8 Å². The van der Waals surface area contributed by atoms with Gasteiger partial charge in [0.15, 0.2) is 0 Å². The molecule has 0 bridgehead atoms. The molecule has 0 saturated carbocycles. The van der Waals surface area contributed by atoms with Crippen LogP contribution in [0.1, 0.15) is 74.7 Å². The predicted molar refractivity (Wildman–Crippen MR) is 317 cm³/mol. The molecule has 0 N–H and O–H groups in total.